The number of quaternary nitrogens is 1. The van der Waals surface area contributed by atoms with Gasteiger partial charge in [0, 0.05) is 13.2 Å². The normalized spacial score (nSPS) is 12.5. The Bertz CT molecular complexity index is 872. The third kappa shape index (κ3) is 4.33. The lowest BCUT2D eigenvalue weighted by molar-refractivity contribution is -0.929. The fraction of sp³-hybridized carbons (Fsp3) is 0.278. The number of methoxy groups -OCH3 is 1. The summed E-state index contributed by atoms with van der Waals surface area (Å²) in [5, 5.41) is 14.4. The lowest BCUT2D eigenvalue weighted by Crippen LogP contribution is -3.10. The smallest absolute Gasteiger partial charge is 0.271 e. The molecule has 8 nitrogen and oxygen atoms in total. The van der Waals surface area contributed by atoms with Crippen LogP contribution in [0.4, 0.5) is 0 Å². The van der Waals surface area contributed by atoms with Gasteiger partial charge in [-0.3, -0.25) is 0 Å². The number of furan rings is 1. The molecular formula is C18H19N4O4S+. The summed E-state index contributed by atoms with van der Waals surface area (Å²) >= 11 is 1.57. The number of rotatable bonds is 9. The van der Waals surface area contributed by atoms with Gasteiger partial charge in [-0.25, -0.2) is 0 Å². The number of hydrogen-bond acceptors (Lipinski definition) is 8. The first-order valence-electron chi connectivity index (χ1n) is 8.50. The van der Waals surface area contributed by atoms with Gasteiger partial charge in [0.15, 0.2) is 12.3 Å². The van der Waals surface area contributed by atoms with Gasteiger partial charge in [-0.1, -0.05) is 11.2 Å². The predicted molar refractivity (Wildman–Crippen MR) is 96.9 cm³/mol. The van der Waals surface area contributed by atoms with E-state index in [1.807, 2.05) is 35.7 Å². The molecule has 0 saturated carbocycles. The van der Waals surface area contributed by atoms with E-state index in [2.05, 4.69) is 15.4 Å². The predicted octanol–water partition coefficient (Wildman–Crippen LogP) is 2.28. The molecule has 0 bridgehead atoms. The van der Waals surface area contributed by atoms with Gasteiger partial charge < -0.3 is 23.0 Å². The first-order chi connectivity index (χ1) is 13.3. The second-order valence-corrected chi connectivity index (χ2v) is 6.93. The van der Waals surface area contributed by atoms with Gasteiger partial charge in [-0.15, -0.1) is 21.5 Å². The van der Waals surface area contributed by atoms with Crippen LogP contribution in [0, 0.1) is 0 Å². The molecule has 4 heterocycles. The highest BCUT2D eigenvalue weighted by atomic mass is 32.1. The molecule has 0 radical (unpaired) electrons. The highest BCUT2D eigenvalue weighted by Crippen LogP contribution is 2.23. The van der Waals surface area contributed by atoms with Crippen molar-refractivity contribution in [3.63, 3.8) is 0 Å². The molecular weight excluding hydrogens is 368 g/mol. The first kappa shape index (κ1) is 17.7. The fourth-order valence-corrected chi connectivity index (χ4v) is 3.35. The van der Waals surface area contributed by atoms with E-state index in [0.29, 0.717) is 43.0 Å². The Hall–Kier alpha value is -2.75. The van der Waals surface area contributed by atoms with Crippen molar-refractivity contribution in [2.45, 2.75) is 13.1 Å². The summed E-state index contributed by atoms with van der Waals surface area (Å²) < 4.78 is 21.8. The minimum atomic E-state index is 0.549. The van der Waals surface area contributed by atoms with Gasteiger partial charge in [0.1, 0.15) is 18.8 Å². The molecule has 0 fully saturated rings. The molecule has 4 aromatic heterocycles. The Morgan fingerprint density at radius 3 is 2.89 bits per heavy atom. The molecule has 1 atom stereocenters. The molecule has 4 rings (SSSR count). The fourth-order valence-electron chi connectivity index (χ4n) is 2.71. The Kier molecular flexibility index (Phi) is 5.42. The standard InChI is InChI=1S/C18H18N4O4S/c1-23-8-6-22(11-13-10-15(26-21-13)14-4-2-7-24-14)12-17-19-20-18(25-17)16-5-3-9-27-16/h2-5,7,9-10H,6,8,11-12H2,1H3/p+1. The molecule has 140 valence electrons. The Morgan fingerprint density at radius 1 is 1.15 bits per heavy atom. The molecule has 0 aliphatic heterocycles. The molecule has 0 spiro atoms. The SMILES string of the molecule is COCC[NH+](Cc1cc(-c2ccco2)on1)Cc1nnc(-c2cccs2)o1. The van der Waals surface area contributed by atoms with Crippen molar-refractivity contribution in [1.82, 2.24) is 15.4 Å². The van der Waals surface area contributed by atoms with Crippen molar-refractivity contribution in [2.75, 3.05) is 20.3 Å². The minimum Gasteiger partial charge on any atom is -0.461 e. The van der Waals surface area contributed by atoms with Gasteiger partial charge in [-0.05, 0) is 23.6 Å². The number of thiophene rings is 1. The van der Waals surface area contributed by atoms with Crippen LogP contribution in [0.5, 0.6) is 0 Å². The molecule has 4 aromatic rings. The molecule has 0 aliphatic rings. The van der Waals surface area contributed by atoms with Crippen LogP contribution in [0.25, 0.3) is 22.3 Å². The van der Waals surface area contributed by atoms with Crippen molar-refractivity contribution in [3.05, 3.63) is 53.6 Å². The van der Waals surface area contributed by atoms with Crippen LogP contribution in [-0.2, 0) is 17.8 Å². The maximum Gasteiger partial charge on any atom is 0.271 e. The number of nitrogens with one attached hydrogen (secondary N) is 1. The van der Waals surface area contributed by atoms with Crippen molar-refractivity contribution < 1.29 is 23.0 Å². The van der Waals surface area contributed by atoms with Crippen molar-refractivity contribution in [1.29, 1.82) is 0 Å². The average molecular weight is 387 g/mol. The number of hydrogen-bond donors (Lipinski definition) is 1. The maximum absolute atomic E-state index is 5.81. The molecule has 0 aromatic carbocycles. The quantitative estimate of drug-likeness (QED) is 0.471. The van der Waals surface area contributed by atoms with Crippen molar-refractivity contribution in [2.24, 2.45) is 0 Å². The summed E-state index contributed by atoms with van der Waals surface area (Å²) in [5.74, 6) is 2.40. The van der Waals surface area contributed by atoms with E-state index < -0.39 is 0 Å². The maximum atomic E-state index is 5.81. The third-order valence-corrected chi connectivity index (χ3v) is 4.87. The second-order valence-electron chi connectivity index (χ2n) is 5.98. The van der Waals surface area contributed by atoms with Crippen LogP contribution >= 0.6 is 11.3 Å². The summed E-state index contributed by atoms with van der Waals surface area (Å²) in [7, 11) is 1.68. The van der Waals surface area contributed by atoms with Gasteiger partial charge in [0.2, 0.25) is 5.76 Å². The number of nitrogens with zero attached hydrogens (tertiary/aromatic N) is 3. The summed E-state index contributed by atoms with van der Waals surface area (Å²) in [6.45, 7) is 2.61. The van der Waals surface area contributed by atoms with E-state index in [1.54, 1.807) is 24.7 Å². The van der Waals surface area contributed by atoms with E-state index in [4.69, 9.17) is 18.1 Å². The van der Waals surface area contributed by atoms with E-state index in [0.717, 1.165) is 17.1 Å². The van der Waals surface area contributed by atoms with Crippen molar-refractivity contribution >= 4 is 11.3 Å². The molecule has 0 amide bonds. The Morgan fingerprint density at radius 2 is 2.11 bits per heavy atom. The van der Waals surface area contributed by atoms with Crippen LogP contribution in [0.1, 0.15) is 11.6 Å². The topological polar surface area (TPSA) is 91.8 Å². The van der Waals surface area contributed by atoms with E-state index in [9.17, 15) is 0 Å². The van der Waals surface area contributed by atoms with Crippen LogP contribution in [-0.4, -0.2) is 35.6 Å². The van der Waals surface area contributed by atoms with Gasteiger partial charge in [0.05, 0.1) is 17.7 Å². The zero-order chi connectivity index (χ0) is 18.5. The number of ether oxygens (including phenoxy) is 1. The average Bonchev–Trinajstić information content (AvgIpc) is 3.47. The highest BCUT2D eigenvalue weighted by Gasteiger charge is 2.19. The summed E-state index contributed by atoms with van der Waals surface area (Å²) in [5.41, 5.74) is 0.825. The van der Waals surface area contributed by atoms with E-state index >= 15 is 0 Å². The molecule has 1 N–H and O–H groups in total. The van der Waals surface area contributed by atoms with Gasteiger partial charge in [0.25, 0.3) is 11.8 Å². The lowest BCUT2D eigenvalue weighted by atomic mass is 10.3. The van der Waals surface area contributed by atoms with Crippen LogP contribution in [0.15, 0.2) is 55.3 Å². The summed E-state index contributed by atoms with van der Waals surface area (Å²) in [6, 6.07) is 9.46. The lowest BCUT2D eigenvalue weighted by Gasteiger charge is -2.15. The van der Waals surface area contributed by atoms with Crippen LogP contribution < -0.4 is 4.90 Å². The zero-order valence-electron chi connectivity index (χ0n) is 14.8. The molecule has 1 unspecified atom stereocenters. The largest absolute Gasteiger partial charge is 0.461 e. The van der Waals surface area contributed by atoms with Gasteiger partial charge >= 0.3 is 0 Å². The number of aromatic nitrogens is 3. The van der Waals surface area contributed by atoms with Gasteiger partial charge in [-0.2, -0.15) is 0 Å². The summed E-state index contributed by atoms with van der Waals surface area (Å²) in [6.07, 6.45) is 1.61. The Balaban J connectivity index is 1.45. The monoisotopic (exact) mass is 387 g/mol. The molecule has 27 heavy (non-hydrogen) atoms. The van der Waals surface area contributed by atoms with E-state index in [-0.39, 0.29) is 0 Å². The molecule has 9 heteroatoms. The zero-order valence-corrected chi connectivity index (χ0v) is 15.6. The minimum absolute atomic E-state index is 0.549. The van der Waals surface area contributed by atoms with Crippen molar-refractivity contribution in [3.8, 4) is 22.3 Å². The Labute approximate surface area is 159 Å². The summed E-state index contributed by atoms with van der Waals surface area (Å²) in [4.78, 5) is 2.14. The second kappa shape index (κ2) is 8.30. The van der Waals surface area contributed by atoms with Crippen LogP contribution in [0.3, 0.4) is 0 Å². The van der Waals surface area contributed by atoms with E-state index in [1.165, 1.54) is 4.90 Å². The van der Waals surface area contributed by atoms with Crippen LogP contribution in [0.2, 0.25) is 0 Å². The third-order valence-electron chi connectivity index (χ3n) is 4.01. The highest BCUT2D eigenvalue weighted by molar-refractivity contribution is 7.13. The first-order valence-corrected chi connectivity index (χ1v) is 9.38. The molecule has 0 saturated heterocycles. The molecule has 0 aliphatic carbocycles.